The van der Waals surface area contributed by atoms with Gasteiger partial charge in [0.05, 0.1) is 16.0 Å². The van der Waals surface area contributed by atoms with Crippen LogP contribution < -0.4 is 0 Å². The first-order chi connectivity index (χ1) is 13.5. The summed E-state index contributed by atoms with van der Waals surface area (Å²) in [6.07, 6.45) is 2.13. The van der Waals surface area contributed by atoms with Crippen LogP contribution in [0.15, 0.2) is 48.5 Å². The SMILES string of the molecule is CCN(CC)CCCC(C)n1c(-c2cccc([N+](=O)[O-])c2)nc2ccccc21. The number of imidazole rings is 1. The Morgan fingerprint density at radius 2 is 1.89 bits per heavy atom. The molecule has 1 unspecified atom stereocenters. The van der Waals surface area contributed by atoms with Crippen LogP contribution in [0.3, 0.4) is 0 Å². The van der Waals surface area contributed by atoms with Crippen LogP contribution in [-0.2, 0) is 0 Å². The van der Waals surface area contributed by atoms with Crippen molar-refractivity contribution in [2.45, 2.75) is 39.7 Å². The first kappa shape index (κ1) is 20.0. The molecular weight excluding hydrogens is 352 g/mol. The van der Waals surface area contributed by atoms with E-state index in [-0.39, 0.29) is 16.7 Å². The van der Waals surface area contributed by atoms with Crippen molar-refractivity contribution < 1.29 is 4.92 Å². The number of para-hydroxylation sites is 2. The number of benzene rings is 2. The number of hydrogen-bond acceptors (Lipinski definition) is 4. The Balaban J connectivity index is 1.95. The van der Waals surface area contributed by atoms with Crippen LogP contribution >= 0.6 is 0 Å². The number of aromatic nitrogens is 2. The molecule has 0 aliphatic heterocycles. The third kappa shape index (κ3) is 4.22. The van der Waals surface area contributed by atoms with E-state index >= 15 is 0 Å². The molecule has 148 valence electrons. The molecular formula is C22H28N4O2. The zero-order valence-electron chi connectivity index (χ0n) is 16.8. The highest BCUT2D eigenvalue weighted by atomic mass is 16.6. The molecule has 6 nitrogen and oxygen atoms in total. The van der Waals surface area contributed by atoms with Gasteiger partial charge in [0.2, 0.25) is 0 Å². The van der Waals surface area contributed by atoms with Crippen LogP contribution in [0.25, 0.3) is 22.4 Å². The van der Waals surface area contributed by atoms with Gasteiger partial charge in [0.15, 0.2) is 0 Å². The summed E-state index contributed by atoms with van der Waals surface area (Å²) >= 11 is 0. The molecule has 0 bridgehead atoms. The molecule has 0 saturated heterocycles. The molecule has 0 radical (unpaired) electrons. The largest absolute Gasteiger partial charge is 0.321 e. The summed E-state index contributed by atoms with van der Waals surface area (Å²) in [7, 11) is 0. The molecule has 0 aliphatic rings. The fourth-order valence-corrected chi connectivity index (χ4v) is 3.73. The predicted molar refractivity (Wildman–Crippen MR) is 114 cm³/mol. The number of fused-ring (bicyclic) bond motifs is 1. The van der Waals surface area contributed by atoms with Crippen molar-refractivity contribution in [3.8, 4) is 11.4 Å². The standard InChI is InChI=1S/C22H28N4O2/c1-4-24(5-2)15-9-10-17(3)25-21-14-7-6-13-20(21)23-22(25)18-11-8-12-19(16-18)26(27)28/h6-8,11-14,16-17H,4-5,9-10,15H2,1-3H3. The maximum absolute atomic E-state index is 11.2. The minimum Gasteiger partial charge on any atom is -0.321 e. The van der Waals surface area contributed by atoms with Crippen molar-refractivity contribution in [1.29, 1.82) is 0 Å². The molecule has 0 N–H and O–H groups in total. The third-order valence-electron chi connectivity index (χ3n) is 5.34. The molecule has 1 atom stereocenters. The van der Waals surface area contributed by atoms with Gasteiger partial charge in [0.25, 0.3) is 5.69 Å². The van der Waals surface area contributed by atoms with E-state index in [1.54, 1.807) is 12.1 Å². The molecule has 3 aromatic rings. The zero-order chi connectivity index (χ0) is 20.1. The number of non-ortho nitro benzene ring substituents is 1. The molecule has 0 saturated carbocycles. The number of hydrogen-bond donors (Lipinski definition) is 0. The number of nitro groups is 1. The van der Waals surface area contributed by atoms with Gasteiger partial charge in [-0.3, -0.25) is 10.1 Å². The maximum Gasteiger partial charge on any atom is 0.270 e. The van der Waals surface area contributed by atoms with Gasteiger partial charge in [0.1, 0.15) is 5.82 Å². The van der Waals surface area contributed by atoms with Gasteiger partial charge in [0, 0.05) is 23.7 Å². The highest BCUT2D eigenvalue weighted by Crippen LogP contribution is 2.31. The Hall–Kier alpha value is -2.73. The van der Waals surface area contributed by atoms with Crippen molar-refractivity contribution in [2.75, 3.05) is 19.6 Å². The summed E-state index contributed by atoms with van der Waals surface area (Å²) in [5.41, 5.74) is 2.85. The van der Waals surface area contributed by atoms with E-state index in [2.05, 4.69) is 36.3 Å². The zero-order valence-corrected chi connectivity index (χ0v) is 16.8. The van der Waals surface area contributed by atoms with E-state index in [4.69, 9.17) is 4.98 Å². The molecule has 6 heteroatoms. The molecule has 0 aliphatic carbocycles. The Kier molecular flexibility index (Phi) is 6.41. The Labute approximate surface area is 166 Å². The summed E-state index contributed by atoms with van der Waals surface area (Å²) in [4.78, 5) is 18.1. The quantitative estimate of drug-likeness (QED) is 0.373. The second-order valence-corrected chi connectivity index (χ2v) is 7.12. The van der Waals surface area contributed by atoms with E-state index in [0.717, 1.165) is 54.9 Å². The second-order valence-electron chi connectivity index (χ2n) is 7.12. The molecule has 2 aromatic carbocycles. The normalized spacial score (nSPS) is 12.6. The second kappa shape index (κ2) is 8.97. The van der Waals surface area contributed by atoms with Crippen LogP contribution in [0.1, 0.15) is 39.7 Å². The number of rotatable bonds is 9. The lowest BCUT2D eigenvalue weighted by Gasteiger charge is -2.21. The fraction of sp³-hybridized carbons (Fsp3) is 0.409. The average Bonchev–Trinajstić information content (AvgIpc) is 3.11. The van der Waals surface area contributed by atoms with Gasteiger partial charge in [-0.05, 0) is 51.5 Å². The lowest BCUT2D eigenvalue weighted by molar-refractivity contribution is -0.384. The van der Waals surface area contributed by atoms with E-state index in [1.165, 1.54) is 6.07 Å². The Morgan fingerprint density at radius 1 is 1.14 bits per heavy atom. The van der Waals surface area contributed by atoms with E-state index in [1.807, 2.05) is 24.3 Å². The van der Waals surface area contributed by atoms with Crippen LogP contribution in [0.2, 0.25) is 0 Å². The highest BCUT2D eigenvalue weighted by Gasteiger charge is 2.19. The van der Waals surface area contributed by atoms with Crippen molar-refractivity contribution >= 4 is 16.7 Å². The molecule has 0 fully saturated rings. The molecule has 1 aromatic heterocycles. The van der Waals surface area contributed by atoms with Gasteiger partial charge < -0.3 is 9.47 Å². The predicted octanol–water partition coefficient (Wildman–Crippen LogP) is 5.29. The summed E-state index contributed by atoms with van der Waals surface area (Å²) < 4.78 is 2.23. The van der Waals surface area contributed by atoms with E-state index in [9.17, 15) is 10.1 Å². The van der Waals surface area contributed by atoms with Crippen LogP contribution in [0.4, 0.5) is 5.69 Å². The maximum atomic E-state index is 11.2. The molecule has 28 heavy (non-hydrogen) atoms. The summed E-state index contributed by atoms with van der Waals surface area (Å²) in [6.45, 7) is 9.80. The van der Waals surface area contributed by atoms with E-state index in [0.29, 0.717) is 0 Å². The highest BCUT2D eigenvalue weighted by molar-refractivity contribution is 5.81. The average molecular weight is 380 g/mol. The number of nitro benzene ring substituents is 1. The van der Waals surface area contributed by atoms with Crippen LogP contribution in [-0.4, -0.2) is 39.0 Å². The lowest BCUT2D eigenvalue weighted by atomic mass is 10.1. The van der Waals surface area contributed by atoms with Crippen molar-refractivity contribution in [3.05, 3.63) is 58.6 Å². The molecule has 0 amide bonds. The minimum absolute atomic E-state index is 0.0882. The van der Waals surface area contributed by atoms with Gasteiger partial charge in [-0.1, -0.05) is 38.1 Å². The first-order valence-electron chi connectivity index (χ1n) is 9.99. The third-order valence-corrected chi connectivity index (χ3v) is 5.34. The number of nitrogens with zero attached hydrogens (tertiary/aromatic N) is 4. The smallest absolute Gasteiger partial charge is 0.270 e. The molecule has 0 spiro atoms. The summed E-state index contributed by atoms with van der Waals surface area (Å²) in [6, 6.07) is 15.1. The molecule has 3 rings (SSSR count). The van der Waals surface area contributed by atoms with Crippen molar-refractivity contribution in [1.82, 2.24) is 14.5 Å². The summed E-state index contributed by atoms with van der Waals surface area (Å²) in [5, 5.41) is 11.2. The van der Waals surface area contributed by atoms with Crippen LogP contribution in [0, 0.1) is 10.1 Å². The Bertz CT molecular complexity index is 947. The lowest BCUT2D eigenvalue weighted by Crippen LogP contribution is -2.24. The molecule has 1 heterocycles. The first-order valence-corrected chi connectivity index (χ1v) is 9.99. The minimum atomic E-state index is -0.357. The van der Waals surface area contributed by atoms with Gasteiger partial charge in [-0.25, -0.2) is 4.98 Å². The van der Waals surface area contributed by atoms with Crippen LogP contribution in [0.5, 0.6) is 0 Å². The van der Waals surface area contributed by atoms with Gasteiger partial charge in [-0.2, -0.15) is 0 Å². The summed E-state index contributed by atoms with van der Waals surface area (Å²) in [5.74, 6) is 0.792. The Morgan fingerprint density at radius 3 is 2.61 bits per heavy atom. The van der Waals surface area contributed by atoms with Gasteiger partial charge >= 0.3 is 0 Å². The van der Waals surface area contributed by atoms with Gasteiger partial charge in [-0.15, -0.1) is 0 Å². The fourth-order valence-electron chi connectivity index (χ4n) is 3.73. The van der Waals surface area contributed by atoms with Crippen molar-refractivity contribution in [3.63, 3.8) is 0 Å². The van der Waals surface area contributed by atoms with E-state index < -0.39 is 0 Å². The van der Waals surface area contributed by atoms with Crippen molar-refractivity contribution in [2.24, 2.45) is 0 Å². The monoisotopic (exact) mass is 380 g/mol. The topological polar surface area (TPSA) is 64.2 Å².